The van der Waals surface area contributed by atoms with Crippen LogP contribution in [-0.4, -0.2) is 36.2 Å². The van der Waals surface area contributed by atoms with Crippen molar-refractivity contribution < 1.29 is 14.4 Å². The molecule has 0 bridgehead atoms. The highest BCUT2D eigenvalue weighted by Gasteiger charge is 2.40. The highest BCUT2D eigenvalue weighted by atomic mass is 16.2. The first kappa shape index (κ1) is 13.2. The van der Waals surface area contributed by atoms with Gasteiger partial charge in [-0.1, -0.05) is 6.07 Å². The van der Waals surface area contributed by atoms with Gasteiger partial charge in [0.05, 0.1) is 11.1 Å². The molecule has 1 heterocycles. The number of nitrogens with one attached hydrogen (secondary N) is 1. The Hall–Kier alpha value is -2.21. The van der Waals surface area contributed by atoms with Crippen LogP contribution in [0.3, 0.4) is 0 Å². The van der Waals surface area contributed by atoms with Crippen LogP contribution in [0.15, 0.2) is 18.2 Å². The van der Waals surface area contributed by atoms with E-state index in [2.05, 4.69) is 5.32 Å². The van der Waals surface area contributed by atoms with E-state index in [4.69, 9.17) is 5.73 Å². The van der Waals surface area contributed by atoms with Gasteiger partial charge in [-0.15, -0.1) is 0 Å². The summed E-state index contributed by atoms with van der Waals surface area (Å²) in [5.74, 6) is -1.69. The van der Waals surface area contributed by atoms with Gasteiger partial charge in [-0.2, -0.15) is 0 Å². The molecule has 3 N–H and O–H groups in total. The molecular weight excluding hydrogens is 246 g/mol. The fraction of sp³-hybridized carbons (Fsp3) is 0.308. The molecular formula is C13H15N3O3. The van der Waals surface area contributed by atoms with E-state index in [1.165, 1.54) is 6.07 Å². The third-order valence-corrected chi connectivity index (χ3v) is 3.01. The minimum absolute atomic E-state index is 0.134. The molecule has 1 aliphatic heterocycles. The molecule has 6 heteroatoms. The van der Waals surface area contributed by atoms with Gasteiger partial charge < -0.3 is 11.1 Å². The van der Waals surface area contributed by atoms with Gasteiger partial charge in [-0.05, 0) is 32.1 Å². The number of rotatable bonds is 4. The second-order valence-corrected chi connectivity index (χ2v) is 4.32. The van der Waals surface area contributed by atoms with Crippen LogP contribution in [0.1, 0.15) is 33.6 Å². The van der Waals surface area contributed by atoms with Crippen LogP contribution < -0.4 is 11.1 Å². The van der Waals surface area contributed by atoms with E-state index < -0.39 is 17.7 Å². The smallest absolute Gasteiger partial charge is 0.270 e. The number of hydrogen-bond acceptors (Lipinski definition) is 5. The standard InChI is InChI=1S/C13H15N3O3/c1-15-7-3-6-10(17)16-12(18)8-4-2-5-9(14)11(8)13(16)19/h2,4-5,15H,3,6-7,14H2,1H3. The second-order valence-electron chi connectivity index (χ2n) is 4.32. The van der Waals surface area contributed by atoms with Crippen molar-refractivity contribution >= 4 is 23.4 Å². The molecule has 0 unspecified atom stereocenters. The van der Waals surface area contributed by atoms with Gasteiger partial charge in [0.25, 0.3) is 11.8 Å². The van der Waals surface area contributed by atoms with E-state index >= 15 is 0 Å². The Labute approximate surface area is 110 Å². The largest absolute Gasteiger partial charge is 0.398 e. The Morgan fingerprint density at radius 3 is 2.68 bits per heavy atom. The average molecular weight is 261 g/mol. The number of hydrogen-bond donors (Lipinski definition) is 2. The first-order chi connectivity index (χ1) is 9.07. The van der Waals surface area contributed by atoms with Gasteiger partial charge in [-0.3, -0.25) is 14.4 Å². The molecule has 6 nitrogen and oxygen atoms in total. The van der Waals surface area contributed by atoms with Gasteiger partial charge in [0.15, 0.2) is 0 Å². The van der Waals surface area contributed by atoms with E-state index in [-0.39, 0.29) is 23.2 Å². The summed E-state index contributed by atoms with van der Waals surface area (Å²) in [6.07, 6.45) is 0.713. The van der Waals surface area contributed by atoms with Crippen LogP contribution in [0, 0.1) is 0 Å². The van der Waals surface area contributed by atoms with Crippen LogP contribution in [0.5, 0.6) is 0 Å². The van der Waals surface area contributed by atoms with Gasteiger partial charge in [0.2, 0.25) is 5.91 Å². The lowest BCUT2D eigenvalue weighted by atomic mass is 10.1. The van der Waals surface area contributed by atoms with Gasteiger partial charge in [0.1, 0.15) is 0 Å². The van der Waals surface area contributed by atoms with E-state index in [9.17, 15) is 14.4 Å². The number of amides is 3. The summed E-state index contributed by atoms with van der Waals surface area (Å²) in [7, 11) is 1.77. The summed E-state index contributed by atoms with van der Waals surface area (Å²) in [6.45, 7) is 0.650. The SMILES string of the molecule is CNCCCC(=O)N1C(=O)c2cccc(N)c2C1=O. The van der Waals surface area contributed by atoms with Gasteiger partial charge in [-0.25, -0.2) is 4.90 Å². The molecule has 1 aliphatic rings. The number of nitrogens with two attached hydrogens (primary N) is 1. The van der Waals surface area contributed by atoms with Crippen molar-refractivity contribution in [1.29, 1.82) is 0 Å². The predicted molar refractivity (Wildman–Crippen MR) is 69.5 cm³/mol. The zero-order chi connectivity index (χ0) is 14.0. The molecule has 19 heavy (non-hydrogen) atoms. The molecule has 0 atom stereocenters. The van der Waals surface area contributed by atoms with Crippen molar-refractivity contribution in [3.8, 4) is 0 Å². The fourth-order valence-electron chi connectivity index (χ4n) is 2.07. The Morgan fingerprint density at radius 1 is 1.32 bits per heavy atom. The maximum Gasteiger partial charge on any atom is 0.270 e. The van der Waals surface area contributed by atoms with Crippen LogP contribution in [0.25, 0.3) is 0 Å². The highest BCUT2D eigenvalue weighted by Crippen LogP contribution is 2.28. The summed E-state index contributed by atoms with van der Waals surface area (Å²) >= 11 is 0. The summed E-state index contributed by atoms with van der Waals surface area (Å²) in [6, 6.07) is 4.64. The predicted octanol–water partition coefficient (Wildman–Crippen LogP) is 0.391. The molecule has 100 valence electrons. The van der Waals surface area contributed by atoms with Crippen molar-refractivity contribution in [1.82, 2.24) is 10.2 Å². The van der Waals surface area contributed by atoms with Gasteiger partial charge >= 0.3 is 0 Å². The number of carbonyl (C=O) groups is 3. The van der Waals surface area contributed by atoms with Crippen molar-refractivity contribution in [2.45, 2.75) is 12.8 Å². The minimum atomic E-state index is -0.618. The van der Waals surface area contributed by atoms with Crippen molar-refractivity contribution in [3.63, 3.8) is 0 Å². The highest BCUT2D eigenvalue weighted by molar-refractivity contribution is 6.30. The Bertz CT molecular complexity index is 554. The Kier molecular flexibility index (Phi) is 3.62. The molecule has 0 fully saturated rings. The van der Waals surface area contributed by atoms with Crippen LogP contribution >= 0.6 is 0 Å². The van der Waals surface area contributed by atoms with E-state index in [1.807, 2.05) is 0 Å². The lowest BCUT2D eigenvalue weighted by Crippen LogP contribution is -2.36. The Morgan fingerprint density at radius 2 is 2.05 bits per heavy atom. The molecule has 2 rings (SSSR count). The molecule has 0 aromatic heterocycles. The number of anilines is 1. The first-order valence-electron chi connectivity index (χ1n) is 6.02. The van der Waals surface area contributed by atoms with Crippen molar-refractivity contribution in [2.24, 2.45) is 0 Å². The average Bonchev–Trinajstić information content (AvgIpc) is 2.63. The molecule has 1 aromatic rings. The Balaban J connectivity index is 2.23. The second kappa shape index (κ2) is 5.19. The maximum atomic E-state index is 12.1. The molecule has 3 amide bonds. The van der Waals surface area contributed by atoms with E-state index in [0.29, 0.717) is 17.9 Å². The first-order valence-corrected chi connectivity index (χ1v) is 6.02. The zero-order valence-electron chi connectivity index (χ0n) is 10.6. The van der Waals surface area contributed by atoms with Gasteiger partial charge in [0, 0.05) is 12.1 Å². The third kappa shape index (κ3) is 2.22. The molecule has 0 saturated heterocycles. The number of nitrogens with zero attached hydrogens (tertiary/aromatic N) is 1. The molecule has 0 spiro atoms. The number of fused-ring (bicyclic) bond motifs is 1. The van der Waals surface area contributed by atoms with E-state index in [1.54, 1.807) is 19.2 Å². The summed E-state index contributed by atoms with van der Waals surface area (Å²) < 4.78 is 0. The molecule has 1 aromatic carbocycles. The lowest BCUT2D eigenvalue weighted by molar-refractivity contribution is -0.126. The number of benzene rings is 1. The van der Waals surface area contributed by atoms with Crippen molar-refractivity contribution in [3.05, 3.63) is 29.3 Å². The zero-order valence-corrected chi connectivity index (χ0v) is 10.6. The quantitative estimate of drug-likeness (QED) is 0.464. The summed E-state index contributed by atoms with van der Waals surface area (Å²) in [5.41, 5.74) is 6.25. The van der Waals surface area contributed by atoms with Crippen LogP contribution in [0.4, 0.5) is 5.69 Å². The number of nitrogen functional groups attached to an aromatic ring is 1. The number of imide groups is 3. The minimum Gasteiger partial charge on any atom is -0.398 e. The lowest BCUT2D eigenvalue weighted by Gasteiger charge is -2.11. The topological polar surface area (TPSA) is 92.5 Å². The number of carbonyl (C=O) groups excluding carboxylic acids is 3. The molecule has 0 radical (unpaired) electrons. The summed E-state index contributed by atoms with van der Waals surface area (Å²) in [5, 5.41) is 2.90. The van der Waals surface area contributed by atoms with Crippen molar-refractivity contribution in [2.75, 3.05) is 19.3 Å². The summed E-state index contributed by atoms with van der Waals surface area (Å²) in [4.78, 5) is 36.8. The van der Waals surface area contributed by atoms with Crippen LogP contribution in [0.2, 0.25) is 0 Å². The maximum absolute atomic E-state index is 12.1. The third-order valence-electron chi connectivity index (χ3n) is 3.01. The van der Waals surface area contributed by atoms with Crippen LogP contribution in [-0.2, 0) is 4.79 Å². The molecule has 0 aliphatic carbocycles. The monoisotopic (exact) mass is 261 g/mol. The van der Waals surface area contributed by atoms with E-state index in [0.717, 1.165) is 0 Å². The molecule has 0 saturated carbocycles. The normalized spacial score (nSPS) is 13.8. The fourth-order valence-corrected chi connectivity index (χ4v) is 2.07.